The van der Waals surface area contributed by atoms with Crippen LogP contribution in [-0.4, -0.2) is 26.6 Å². The maximum absolute atomic E-state index is 14.8. The number of nitrogens with two attached hydrogens (primary N) is 1. The van der Waals surface area contributed by atoms with Gasteiger partial charge in [-0.1, -0.05) is 0 Å². The monoisotopic (exact) mass is 419 g/mol. The van der Waals surface area contributed by atoms with Gasteiger partial charge in [-0.05, 0) is 67.7 Å². The van der Waals surface area contributed by atoms with Crippen molar-refractivity contribution in [1.29, 1.82) is 0 Å². The van der Waals surface area contributed by atoms with Gasteiger partial charge in [-0.15, -0.1) is 4.36 Å². The Hall–Kier alpha value is -2.46. The fourth-order valence-corrected chi connectivity index (χ4v) is 5.59. The van der Waals surface area contributed by atoms with Crippen molar-refractivity contribution in [2.75, 3.05) is 11.9 Å². The van der Waals surface area contributed by atoms with Gasteiger partial charge in [-0.25, -0.2) is 23.2 Å². The molecule has 0 saturated carbocycles. The number of urea groups is 1. The number of carbonyl (C=O) groups is 1. The zero-order valence-electron chi connectivity index (χ0n) is 16.0. The molecule has 3 aliphatic rings. The lowest BCUT2D eigenvalue weighted by Crippen LogP contribution is -2.19. The summed E-state index contributed by atoms with van der Waals surface area (Å²) in [6, 6.07) is -0.814. The number of halogens is 1. The first kappa shape index (κ1) is 18.6. The third-order valence-corrected chi connectivity index (χ3v) is 7.28. The number of rotatable bonds is 2. The van der Waals surface area contributed by atoms with E-state index in [1.165, 1.54) is 6.20 Å². The molecule has 2 heterocycles. The summed E-state index contributed by atoms with van der Waals surface area (Å²) in [7, 11) is -3.54. The van der Waals surface area contributed by atoms with Crippen LogP contribution in [0, 0.1) is 5.82 Å². The van der Waals surface area contributed by atoms with Crippen LogP contribution in [0.15, 0.2) is 15.5 Å². The minimum atomic E-state index is -3.54. The van der Waals surface area contributed by atoms with E-state index < -0.39 is 15.9 Å². The predicted molar refractivity (Wildman–Crippen MR) is 105 cm³/mol. The van der Waals surface area contributed by atoms with Gasteiger partial charge in [0.2, 0.25) is 5.88 Å². The highest BCUT2D eigenvalue weighted by atomic mass is 32.2. The number of ether oxygens (including phenoxy) is 1. The van der Waals surface area contributed by atoms with E-state index >= 15 is 0 Å². The Morgan fingerprint density at radius 2 is 1.90 bits per heavy atom. The molecule has 1 aromatic carbocycles. The van der Waals surface area contributed by atoms with Gasteiger partial charge in [0.05, 0.1) is 12.2 Å². The molecule has 2 amide bonds. The molecule has 3 N–H and O–H groups in total. The number of fused-ring (bicyclic) bond motifs is 3. The fraction of sp³-hybridized carbons (Fsp3) is 0.474. The zero-order valence-corrected chi connectivity index (χ0v) is 16.9. The summed E-state index contributed by atoms with van der Waals surface area (Å²) in [5, 5.41) is 12.8. The van der Waals surface area contributed by atoms with E-state index in [0.717, 1.165) is 24.0 Å². The first-order valence-electron chi connectivity index (χ1n) is 9.78. The van der Waals surface area contributed by atoms with Crippen LogP contribution >= 0.6 is 0 Å². The number of hydrogen-bond donors (Lipinski definition) is 2. The van der Waals surface area contributed by atoms with Gasteiger partial charge in [0.25, 0.3) is 0 Å². The molecule has 2 atom stereocenters. The molecule has 0 bridgehead atoms. The van der Waals surface area contributed by atoms with E-state index in [1.54, 1.807) is 4.68 Å². The topological polar surface area (TPSA) is 112 Å². The van der Waals surface area contributed by atoms with Gasteiger partial charge in [-0.3, -0.25) is 0 Å². The smallest absolute Gasteiger partial charge is 0.354 e. The summed E-state index contributed by atoms with van der Waals surface area (Å²) in [6.45, 7) is 2.30. The molecular weight excluding hydrogens is 397 g/mol. The third-order valence-electron chi connectivity index (χ3n) is 5.93. The van der Waals surface area contributed by atoms with E-state index in [-0.39, 0.29) is 22.6 Å². The maximum Gasteiger partial charge on any atom is 0.354 e. The van der Waals surface area contributed by atoms with E-state index in [1.807, 2.05) is 6.92 Å². The van der Waals surface area contributed by atoms with Gasteiger partial charge in [0.15, 0.2) is 9.92 Å². The summed E-state index contributed by atoms with van der Waals surface area (Å²) in [4.78, 5) is 12.8. The highest BCUT2D eigenvalue weighted by Crippen LogP contribution is 2.41. The first-order chi connectivity index (χ1) is 13.9. The number of benzene rings is 1. The number of nitrogens with one attached hydrogen (secondary N) is 1. The number of aromatic nitrogens is 2. The molecule has 29 heavy (non-hydrogen) atoms. The van der Waals surface area contributed by atoms with E-state index in [0.29, 0.717) is 49.1 Å². The van der Waals surface area contributed by atoms with E-state index in [9.17, 15) is 13.4 Å². The highest BCUT2D eigenvalue weighted by Gasteiger charge is 2.31. The number of nitrogens with zero attached hydrogens (tertiary/aromatic N) is 3. The SMILES string of the molecule is C[C@H]1COc2c(S(N)(=O)=NC(=O)Nc3c4c(c(F)c5c3CCC5)CCC4)cnn21. The normalized spacial score (nSPS) is 21.1. The van der Waals surface area contributed by atoms with Crippen LogP contribution < -0.4 is 15.2 Å². The van der Waals surface area contributed by atoms with Gasteiger partial charge < -0.3 is 10.1 Å². The average molecular weight is 419 g/mol. The molecule has 2 aromatic rings. The summed E-state index contributed by atoms with van der Waals surface area (Å²) >= 11 is 0. The van der Waals surface area contributed by atoms with Crippen molar-refractivity contribution in [3.8, 4) is 5.88 Å². The molecule has 1 aliphatic heterocycles. The quantitative estimate of drug-likeness (QED) is 0.779. The van der Waals surface area contributed by atoms with Gasteiger partial charge in [0.1, 0.15) is 17.3 Å². The van der Waals surface area contributed by atoms with Crippen molar-refractivity contribution >= 4 is 21.6 Å². The highest BCUT2D eigenvalue weighted by molar-refractivity contribution is 7.91. The fourth-order valence-electron chi connectivity index (χ4n) is 4.60. The van der Waals surface area contributed by atoms with Gasteiger partial charge in [-0.2, -0.15) is 5.10 Å². The Kier molecular flexibility index (Phi) is 4.18. The average Bonchev–Trinajstić information content (AvgIpc) is 3.43. The van der Waals surface area contributed by atoms with Crippen LogP contribution in [-0.2, 0) is 35.6 Å². The Labute approximate surface area is 167 Å². The largest absolute Gasteiger partial charge is 0.475 e. The van der Waals surface area contributed by atoms with Gasteiger partial charge in [0, 0.05) is 5.69 Å². The van der Waals surface area contributed by atoms with Crippen LogP contribution in [0.5, 0.6) is 5.88 Å². The summed E-state index contributed by atoms with van der Waals surface area (Å²) < 4.78 is 38.6. The number of carbonyl (C=O) groups excluding carboxylic acids is 1. The molecule has 0 saturated heterocycles. The molecule has 8 nitrogen and oxygen atoms in total. The van der Waals surface area contributed by atoms with E-state index in [2.05, 4.69) is 14.8 Å². The number of amides is 2. The second-order valence-corrected chi connectivity index (χ2v) is 9.58. The Balaban J connectivity index is 1.51. The lowest BCUT2D eigenvalue weighted by molar-refractivity contribution is 0.260. The van der Waals surface area contributed by atoms with Gasteiger partial charge >= 0.3 is 6.03 Å². The number of anilines is 1. The second-order valence-electron chi connectivity index (χ2n) is 7.82. The van der Waals surface area contributed by atoms with Crippen LogP contribution in [0.2, 0.25) is 0 Å². The molecule has 10 heteroatoms. The van der Waals surface area contributed by atoms with E-state index in [4.69, 9.17) is 9.88 Å². The maximum atomic E-state index is 14.8. The first-order valence-corrected chi connectivity index (χ1v) is 11.4. The lowest BCUT2D eigenvalue weighted by Gasteiger charge is -2.16. The molecule has 5 rings (SSSR count). The van der Waals surface area contributed by atoms with Crippen LogP contribution in [0.4, 0.5) is 14.9 Å². The molecule has 2 aliphatic carbocycles. The Morgan fingerprint density at radius 3 is 2.55 bits per heavy atom. The summed E-state index contributed by atoms with van der Waals surface area (Å²) in [6.07, 6.45) is 5.77. The van der Waals surface area contributed by atoms with Crippen molar-refractivity contribution in [2.45, 2.75) is 56.4 Å². The second kappa shape index (κ2) is 6.53. The molecular formula is C19H22FN5O3S. The van der Waals surface area contributed by atoms with Crippen LogP contribution in [0.1, 0.15) is 48.1 Å². The molecule has 1 unspecified atom stereocenters. The molecule has 0 spiro atoms. The third kappa shape index (κ3) is 2.84. The van der Waals surface area contributed by atoms with Crippen molar-refractivity contribution in [2.24, 2.45) is 9.50 Å². The molecule has 1 aromatic heterocycles. The van der Waals surface area contributed by atoms with Crippen molar-refractivity contribution < 1.29 is 18.1 Å². The molecule has 0 fully saturated rings. The number of hydrogen-bond acceptors (Lipinski definition) is 4. The van der Waals surface area contributed by atoms with Crippen LogP contribution in [0.25, 0.3) is 0 Å². The molecule has 154 valence electrons. The minimum Gasteiger partial charge on any atom is -0.475 e. The van der Waals surface area contributed by atoms with Crippen molar-refractivity contribution in [3.05, 3.63) is 34.3 Å². The van der Waals surface area contributed by atoms with Crippen molar-refractivity contribution in [3.63, 3.8) is 0 Å². The molecule has 0 radical (unpaired) electrons. The standard InChI is InChI=1S/C19H22FN5O3S/c1-10-9-28-18-15(8-22-25(10)18)29(21,27)24-19(26)23-17-13-6-2-4-11(13)16(20)12-5-3-7-14(12)17/h8,10H,2-7,9H2,1H3,(H3,21,23,24,26,27)/t10-,29?/m0/s1. The van der Waals surface area contributed by atoms with Crippen LogP contribution in [0.3, 0.4) is 0 Å². The Bertz CT molecular complexity index is 1130. The summed E-state index contributed by atoms with van der Waals surface area (Å²) in [5.74, 6) is 0.161. The predicted octanol–water partition coefficient (Wildman–Crippen LogP) is 2.89. The summed E-state index contributed by atoms with van der Waals surface area (Å²) in [5.41, 5.74) is 3.66. The lowest BCUT2D eigenvalue weighted by atomic mass is 9.98. The van der Waals surface area contributed by atoms with Crippen molar-refractivity contribution in [1.82, 2.24) is 9.78 Å². The zero-order chi connectivity index (χ0) is 20.3. The Morgan fingerprint density at radius 1 is 1.28 bits per heavy atom. The minimum absolute atomic E-state index is 0.00725.